The highest BCUT2D eigenvalue weighted by molar-refractivity contribution is 7.80. The predicted octanol–water partition coefficient (Wildman–Crippen LogP) is 2.95. The molecule has 0 spiro atoms. The molecule has 1 fully saturated rings. The fourth-order valence-corrected chi connectivity index (χ4v) is 2.30. The minimum atomic E-state index is 0.114. The van der Waals surface area contributed by atoms with Crippen LogP contribution in [0.1, 0.15) is 51.4 Å². The van der Waals surface area contributed by atoms with Gasteiger partial charge in [-0.25, -0.2) is 0 Å². The van der Waals surface area contributed by atoms with Gasteiger partial charge in [0.05, 0.1) is 5.37 Å². The van der Waals surface area contributed by atoms with Crippen LogP contribution >= 0.6 is 12.6 Å². The van der Waals surface area contributed by atoms with Crippen LogP contribution < -0.4 is 5.73 Å². The molecule has 0 radical (unpaired) electrons. The summed E-state index contributed by atoms with van der Waals surface area (Å²) in [5.41, 5.74) is 5.80. The maximum Gasteiger partial charge on any atom is 0.0505 e. The topological polar surface area (TPSA) is 26.0 Å². The van der Waals surface area contributed by atoms with Crippen LogP contribution in [0.5, 0.6) is 0 Å². The smallest absolute Gasteiger partial charge is 0.0505 e. The van der Waals surface area contributed by atoms with E-state index in [1.807, 2.05) is 0 Å². The van der Waals surface area contributed by atoms with Gasteiger partial charge in [0.1, 0.15) is 0 Å². The third kappa shape index (κ3) is 3.81. The van der Waals surface area contributed by atoms with Crippen molar-refractivity contribution in [2.75, 3.05) is 0 Å². The Balaban J connectivity index is 2.28. The van der Waals surface area contributed by atoms with Crippen molar-refractivity contribution in [2.24, 2.45) is 11.7 Å². The summed E-state index contributed by atoms with van der Waals surface area (Å²) < 4.78 is 0. The molecule has 1 aliphatic carbocycles. The lowest BCUT2D eigenvalue weighted by molar-refractivity contribution is 0.419. The van der Waals surface area contributed by atoms with Crippen molar-refractivity contribution in [3.63, 3.8) is 0 Å². The van der Waals surface area contributed by atoms with Gasteiger partial charge < -0.3 is 5.73 Å². The minimum Gasteiger partial charge on any atom is -0.319 e. The maximum atomic E-state index is 5.80. The van der Waals surface area contributed by atoms with E-state index in [0.29, 0.717) is 5.92 Å². The normalized spacial score (nSPS) is 25.5. The second-order valence-electron chi connectivity index (χ2n) is 3.95. The van der Waals surface area contributed by atoms with Gasteiger partial charge in [0.15, 0.2) is 0 Å². The molecule has 72 valence electrons. The van der Waals surface area contributed by atoms with Crippen molar-refractivity contribution in [1.29, 1.82) is 0 Å². The maximum absolute atomic E-state index is 5.80. The van der Waals surface area contributed by atoms with Crippen molar-refractivity contribution in [2.45, 2.75) is 56.7 Å². The Bertz CT molecular complexity index is 104. The van der Waals surface area contributed by atoms with Gasteiger partial charge in [-0.3, -0.25) is 0 Å². The van der Waals surface area contributed by atoms with E-state index in [1.54, 1.807) is 0 Å². The molecule has 1 unspecified atom stereocenters. The molecule has 1 nitrogen and oxygen atoms in total. The van der Waals surface area contributed by atoms with Crippen LogP contribution in [0.3, 0.4) is 0 Å². The molecular formula is C10H21NS. The van der Waals surface area contributed by atoms with Crippen molar-refractivity contribution < 1.29 is 0 Å². The summed E-state index contributed by atoms with van der Waals surface area (Å²) in [6.07, 6.45) is 11.0. The van der Waals surface area contributed by atoms with E-state index in [4.69, 9.17) is 5.73 Å². The summed E-state index contributed by atoms with van der Waals surface area (Å²) in [4.78, 5) is 0. The number of rotatable bonds is 1. The lowest BCUT2D eigenvalue weighted by atomic mass is 9.97. The summed E-state index contributed by atoms with van der Waals surface area (Å²) in [6.45, 7) is 0. The molecule has 1 atom stereocenters. The monoisotopic (exact) mass is 187 g/mol. The highest BCUT2D eigenvalue weighted by atomic mass is 32.1. The Morgan fingerprint density at radius 1 is 0.917 bits per heavy atom. The average molecular weight is 187 g/mol. The van der Waals surface area contributed by atoms with E-state index in [2.05, 4.69) is 12.6 Å². The van der Waals surface area contributed by atoms with Gasteiger partial charge in [-0.1, -0.05) is 38.5 Å². The second kappa shape index (κ2) is 5.87. The summed E-state index contributed by atoms with van der Waals surface area (Å²) in [5.74, 6) is 0.673. The van der Waals surface area contributed by atoms with E-state index >= 15 is 0 Å². The van der Waals surface area contributed by atoms with Gasteiger partial charge in [-0.15, -0.1) is 0 Å². The van der Waals surface area contributed by atoms with E-state index in [9.17, 15) is 0 Å². The molecule has 2 heteroatoms. The van der Waals surface area contributed by atoms with E-state index in [1.165, 1.54) is 51.4 Å². The summed E-state index contributed by atoms with van der Waals surface area (Å²) in [6, 6.07) is 0. The molecule has 1 saturated carbocycles. The third-order valence-corrected chi connectivity index (χ3v) is 3.30. The van der Waals surface area contributed by atoms with Crippen molar-refractivity contribution in [1.82, 2.24) is 0 Å². The Morgan fingerprint density at radius 2 is 1.33 bits per heavy atom. The van der Waals surface area contributed by atoms with Gasteiger partial charge in [0, 0.05) is 0 Å². The Hall–Kier alpha value is 0.310. The average Bonchev–Trinajstić information content (AvgIpc) is 2.15. The van der Waals surface area contributed by atoms with Gasteiger partial charge >= 0.3 is 0 Å². The molecular weight excluding hydrogens is 166 g/mol. The fourth-order valence-electron chi connectivity index (χ4n) is 2.01. The number of thiol groups is 1. The van der Waals surface area contributed by atoms with Crippen LogP contribution in [0, 0.1) is 5.92 Å². The van der Waals surface area contributed by atoms with Gasteiger partial charge in [0.2, 0.25) is 0 Å². The molecule has 1 rings (SSSR count). The van der Waals surface area contributed by atoms with Gasteiger partial charge in [-0.2, -0.15) is 12.6 Å². The number of nitrogens with two attached hydrogens (primary N) is 1. The zero-order valence-electron chi connectivity index (χ0n) is 7.84. The molecule has 1 aliphatic rings. The lowest BCUT2D eigenvalue weighted by Crippen LogP contribution is -2.24. The Morgan fingerprint density at radius 3 is 1.75 bits per heavy atom. The summed E-state index contributed by atoms with van der Waals surface area (Å²) >= 11 is 4.34. The van der Waals surface area contributed by atoms with Crippen LogP contribution in [-0.4, -0.2) is 5.37 Å². The van der Waals surface area contributed by atoms with Gasteiger partial charge in [-0.05, 0) is 18.8 Å². The van der Waals surface area contributed by atoms with Crippen LogP contribution in [0.15, 0.2) is 0 Å². The summed E-state index contributed by atoms with van der Waals surface area (Å²) in [5, 5.41) is 0.114. The van der Waals surface area contributed by atoms with Crippen LogP contribution in [-0.2, 0) is 0 Å². The highest BCUT2D eigenvalue weighted by Crippen LogP contribution is 2.24. The Kier molecular flexibility index (Phi) is 5.08. The SMILES string of the molecule is NC(S)C1CCCCCCCC1. The zero-order chi connectivity index (χ0) is 8.81. The first-order chi connectivity index (χ1) is 5.80. The molecule has 0 aromatic heterocycles. The Labute approximate surface area is 81.5 Å². The molecule has 0 saturated heterocycles. The van der Waals surface area contributed by atoms with Crippen LogP contribution in [0.2, 0.25) is 0 Å². The van der Waals surface area contributed by atoms with E-state index in [0.717, 1.165) is 0 Å². The van der Waals surface area contributed by atoms with Crippen molar-refractivity contribution in [3.05, 3.63) is 0 Å². The predicted molar refractivity (Wildman–Crippen MR) is 57.4 cm³/mol. The fraction of sp³-hybridized carbons (Fsp3) is 1.00. The third-order valence-electron chi connectivity index (χ3n) is 2.88. The van der Waals surface area contributed by atoms with Crippen LogP contribution in [0.4, 0.5) is 0 Å². The molecule has 0 amide bonds. The number of hydrogen-bond donors (Lipinski definition) is 2. The highest BCUT2D eigenvalue weighted by Gasteiger charge is 2.14. The molecule has 0 heterocycles. The second-order valence-corrected chi connectivity index (χ2v) is 4.55. The molecule has 0 aliphatic heterocycles. The first kappa shape index (κ1) is 10.4. The molecule has 0 aromatic carbocycles. The number of hydrogen-bond acceptors (Lipinski definition) is 2. The minimum absolute atomic E-state index is 0.114. The lowest BCUT2D eigenvalue weighted by Gasteiger charge is -2.18. The molecule has 0 bridgehead atoms. The first-order valence-corrected chi connectivity index (χ1v) is 5.76. The van der Waals surface area contributed by atoms with Crippen LogP contribution in [0.25, 0.3) is 0 Å². The van der Waals surface area contributed by atoms with E-state index < -0.39 is 0 Å². The molecule has 2 N–H and O–H groups in total. The van der Waals surface area contributed by atoms with Crippen molar-refractivity contribution >= 4 is 12.6 Å². The quantitative estimate of drug-likeness (QED) is 0.479. The molecule has 12 heavy (non-hydrogen) atoms. The molecule has 0 aromatic rings. The summed E-state index contributed by atoms with van der Waals surface area (Å²) in [7, 11) is 0. The first-order valence-electron chi connectivity index (χ1n) is 5.24. The standard InChI is InChI=1S/C10H21NS/c11-10(12)9-7-5-3-1-2-4-6-8-9/h9-10,12H,1-8,11H2. The zero-order valence-corrected chi connectivity index (χ0v) is 8.73. The van der Waals surface area contributed by atoms with Crippen molar-refractivity contribution in [3.8, 4) is 0 Å². The largest absolute Gasteiger partial charge is 0.319 e. The van der Waals surface area contributed by atoms with E-state index in [-0.39, 0.29) is 5.37 Å². The van der Waals surface area contributed by atoms with Gasteiger partial charge in [0.25, 0.3) is 0 Å².